The maximum absolute atomic E-state index is 12.9. The molecule has 2 aromatic rings. The fourth-order valence-corrected chi connectivity index (χ4v) is 8.20. The molecule has 2 aliphatic rings. The van der Waals surface area contributed by atoms with E-state index in [9.17, 15) is 21.6 Å². The maximum atomic E-state index is 12.9. The Morgan fingerprint density at radius 1 is 0.935 bits per heavy atom. The summed E-state index contributed by atoms with van der Waals surface area (Å²) in [7, 11) is -7.19. The SMILES string of the molecule is O=C(Nc1cccc(S(=O)(=O)N2CCCC2)c1)[C@H]1CCCN(S(=O)(=O)c2cccs2)C1. The summed E-state index contributed by atoms with van der Waals surface area (Å²) >= 11 is 1.16. The number of sulfonamides is 2. The zero-order chi connectivity index (χ0) is 22.1. The van der Waals surface area contributed by atoms with Crippen molar-refractivity contribution in [1.82, 2.24) is 8.61 Å². The lowest BCUT2D eigenvalue weighted by Crippen LogP contribution is -2.43. The molecule has 0 saturated carbocycles. The molecule has 1 amide bonds. The number of hydrogen-bond donors (Lipinski definition) is 1. The summed E-state index contributed by atoms with van der Waals surface area (Å²) in [6, 6.07) is 9.50. The quantitative estimate of drug-likeness (QED) is 0.680. The Labute approximate surface area is 187 Å². The number of amides is 1. The fraction of sp³-hybridized carbons (Fsp3) is 0.450. The van der Waals surface area contributed by atoms with Crippen LogP contribution in [0.4, 0.5) is 5.69 Å². The summed E-state index contributed by atoms with van der Waals surface area (Å²) in [5, 5.41) is 4.49. The van der Waals surface area contributed by atoms with Gasteiger partial charge in [0.25, 0.3) is 10.0 Å². The van der Waals surface area contributed by atoms with Gasteiger partial charge in [0.15, 0.2) is 0 Å². The Hall–Kier alpha value is -1.79. The molecule has 1 aromatic heterocycles. The summed E-state index contributed by atoms with van der Waals surface area (Å²) in [4.78, 5) is 13.0. The van der Waals surface area contributed by atoms with Crippen LogP contribution in [0.1, 0.15) is 25.7 Å². The molecule has 168 valence electrons. The molecule has 0 bridgehead atoms. The van der Waals surface area contributed by atoms with Crippen molar-refractivity contribution in [2.45, 2.75) is 34.8 Å². The first-order valence-corrected chi connectivity index (χ1v) is 14.0. The Kier molecular flexibility index (Phi) is 6.50. The second-order valence-electron chi connectivity index (χ2n) is 7.76. The molecule has 3 heterocycles. The molecule has 0 spiro atoms. The van der Waals surface area contributed by atoms with E-state index < -0.39 is 26.0 Å². The Morgan fingerprint density at radius 3 is 2.39 bits per heavy atom. The summed E-state index contributed by atoms with van der Waals surface area (Å²) in [6.45, 7) is 1.51. The van der Waals surface area contributed by atoms with E-state index in [4.69, 9.17) is 0 Å². The third kappa shape index (κ3) is 4.70. The zero-order valence-corrected chi connectivity index (χ0v) is 19.4. The molecule has 2 fully saturated rings. The monoisotopic (exact) mass is 483 g/mol. The Bertz CT molecular complexity index is 1140. The van der Waals surface area contributed by atoms with Crippen molar-refractivity contribution in [2.24, 2.45) is 5.92 Å². The molecular formula is C20H25N3O5S3. The summed E-state index contributed by atoms with van der Waals surface area (Å²) in [5.74, 6) is -0.802. The minimum atomic E-state index is -3.61. The largest absolute Gasteiger partial charge is 0.326 e. The fourth-order valence-electron chi connectivity index (χ4n) is 3.97. The highest BCUT2D eigenvalue weighted by Gasteiger charge is 2.34. The van der Waals surface area contributed by atoms with Gasteiger partial charge in [0, 0.05) is 31.9 Å². The number of carbonyl (C=O) groups excluding carboxylic acids is 1. The molecule has 0 unspecified atom stereocenters. The van der Waals surface area contributed by atoms with Crippen molar-refractivity contribution < 1.29 is 21.6 Å². The average Bonchev–Trinajstić information content (AvgIpc) is 3.48. The number of hydrogen-bond acceptors (Lipinski definition) is 6. The van der Waals surface area contributed by atoms with Crippen molar-refractivity contribution in [3.8, 4) is 0 Å². The molecule has 11 heteroatoms. The van der Waals surface area contributed by atoms with Crippen molar-refractivity contribution in [2.75, 3.05) is 31.5 Å². The van der Waals surface area contributed by atoms with Gasteiger partial charge in [-0.15, -0.1) is 11.3 Å². The molecule has 31 heavy (non-hydrogen) atoms. The molecule has 0 aliphatic carbocycles. The summed E-state index contributed by atoms with van der Waals surface area (Å²) < 4.78 is 54.2. The first kappa shape index (κ1) is 22.4. The van der Waals surface area contributed by atoms with Gasteiger partial charge in [-0.1, -0.05) is 12.1 Å². The molecule has 1 N–H and O–H groups in total. The van der Waals surface area contributed by atoms with Gasteiger partial charge in [-0.05, 0) is 55.3 Å². The van der Waals surface area contributed by atoms with Crippen LogP contribution in [-0.4, -0.2) is 57.5 Å². The average molecular weight is 484 g/mol. The predicted molar refractivity (Wildman–Crippen MR) is 119 cm³/mol. The number of piperidine rings is 1. The Balaban J connectivity index is 1.46. The highest BCUT2D eigenvalue weighted by atomic mass is 32.2. The molecule has 1 atom stereocenters. The lowest BCUT2D eigenvalue weighted by atomic mass is 9.99. The van der Waals surface area contributed by atoms with Gasteiger partial charge in [0.05, 0.1) is 10.8 Å². The summed E-state index contributed by atoms with van der Waals surface area (Å²) in [6.07, 6.45) is 2.87. The normalized spacial score (nSPS) is 21.2. The Morgan fingerprint density at radius 2 is 1.68 bits per heavy atom. The maximum Gasteiger partial charge on any atom is 0.252 e. The molecule has 8 nitrogen and oxygen atoms in total. The van der Waals surface area contributed by atoms with Crippen LogP contribution in [0.15, 0.2) is 50.9 Å². The van der Waals surface area contributed by atoms with Crippen molar-refractivity contribution in [1.29, 1.82) is 0 Å². The van der Waals surface area contributed by atoms with E-state index in [1.54, 1.807) is 29.6 Å². The lowest BCUT2D eigenvalue weighted by molar-refractivity contribution is -0.120. The van der Waals surface area contributed by atoms with E-state index in [-0.39, 0.29) is 21.6 Å². The van der Waals surface area contributed by atoms with Crippen LogP contribution >= 0.6 is 11.3 Å². The molecule has 2 saturated heterocycles. The second-order valence-corrected chi connectivity index (χ2v) is 12.8. The van der Waals surface area contributed by atoms with Gasteiger partial charge in [0.1, 0.15) is 4.21 Å². The van der Waals surface area contributed by atoms with Crippen LogP contribution in [0, 0.1) is 5.92 Å². The van der Waals surface area contributed by atoms with E-state index in [2.05, 4.69) is 5.32 Å². The van der Waals surface area contributed by atoms with Gasteiger partial charge >= 0.3 is 0 Å². The number of carbonyl (C=O) groups is 1. The number of rotatable bonds is 6. The van der Waals surface area contributed by atoms with E-state index >= 15 is 0 Å². The van der Waals surface area contributed by atoms with Gasteiger partial charge in [-0.2, -0.15) is 8.61 Å². The van der Waals surface area contributed by atoms with Crippen LogP contribution in [0.3, 0.4) is 0 Å². The second kappa shape index (κ2) is 8.99. The predicted octanol–water partition coefficient (Wildman–Crippen LogP) is 2.57. The number of anilines is 1. The first-order valence-electron chi connectivity index (χ1n) is 10.2. The minimum absolute atomic E-state index is 0.109. The highest BCUT2D eigenvalue weighted by molar-refractivity contribution is 7.91. The number of nitrogens with one attached hydrogen (secondary N) is 1. The lowest BCUT2D eigenvalue weighted by Gasteiger charge is -2.30. The highest BCUT2D eigenvalue weighted by Crippen LogP contribution is 2.28. The molecular weight excluding hydrogens is 458 g/mol. The third-order valence-electron chi connectivity index (χ3n) is 5.65. The zero-order valence-electron chi connectivity index (χ0n) is 16.9. The number of benzene rings is 1. The first-order chi connectivity index (χ1) is 14.8. The smallest absolute Gasteiger partial charge is 0.252 e. The third-order valence-corrected chi connectivity index (χ3v) is 10.8. The summed E-state index contributed by atoms with van der Waals surface area (Å²) in [5.41, 5.74) is 0.392. The van der Waals surface area contributed by atoms with Gasteiger partial charge in [-0.3, -0.25) is 4.79 Å². The minimum Gasteiger partial charge on any atom is -0.326 e. The van der Waals surface area contributed by atoms with Gasteiger partial charge in [-0.25, -0.2) is 16.8 Å². The van der Waals surface area contributed by atoms with Crippen LogP contribution in [0.5, 0.6) is 0 Å². The molecule has 2 aliphatic heterocycles. The van der Waals surface area contributed by atoms with Crippen LogP contribution < -0.4 is 5.32 Å². The van der Waals surface area contributed by atoms with Gasteiger partial charge < -0.3 is 5.32 Å². The van der Waals surface area contributed by atoms with E-state index in [1.165, 1.54) is 20.7 Å². The molecule has 0 radical (unpaired) electrons. The van der Waals surface area contributed by atoms with Crippen LogP contribution in [0.2, 0.25) is 0 Å². The standard InChI is InChI=1S/C20H25N3O5S3/c24-20(16-6-4-12-23(15-16)31(27,28)19-9-5-13-29-19)21-17-7-3-8-18(14-17)30(25,26)22-10-1-2-11-22/h3,5,7-9,13-14,16H,1-2,4,6,10-12,15H2,(H,21,24)/t16-/m0/s1. The molecule has 4 rings (SSSR count). The number of thiophene rings is 1. The van der Waals surface area contributed by atoms with E-state index in [0.29, 0.717) is 38.2 Å². The van der Waals surface area contributed by atoms with Crippen molar-refractivity contribution in [3.05, 3.63) is 41.8 Å². The topological polar surface area (TPSA) is 104 Å². The van der Waals surface area contributed by atoms with Crippen LogP contribution in [-0.2, 0) is 24.8 Å². The molecule has 1 aromatic carbocycles. The van der Waals surface area contributed by atoms with Gasteiger partial charge in [0.2, 0.25) is 15.9 Å². The van der Waals surface area contributed by atoms with Crippen molar-refractivity contribution in [3.63, 3.8) is 0 Å². The van der Waals surface area contributed by atoms with E-state index in [0.717, 1.165) is 24.2 Å². The number of nitrogens with zero attached hydrogens (tertiary/aromatic N) is 2. The van der Waals surface area contributed by atoms with E-state index in [1.807, 2.05) is 0 Å². The van der Waals surface area contributed by atoms with Crippen LogP contribution in [0.25, 0.3) is 0 Å². The van der Waals surface area contributed by atoms with Crippen molar-refractivity contribution >= 4 is 43.0 Å².